The summed E-state index contributed by atoms with van der Waals surface area (Å²) in [5, 5.41) is 3.40. The molecule has 3 heterocycles. The largest absolute Gasteiger partial charge is 0.375 e. The first-order chi connectivity index (χ1) is 12.1. The molecule has 1 fully saturated rings. The van der Waals surface area contributed by atoms with Gasteiger partial charge in [0.1, 0.15) is 4.88 Å². The summed E-state index contributed by atoms with van der Waals surface area (Å²) in [7, 11) is 0. The Balaban J connectivity index is 1.76. The van der Waals surface area contributed by atoms with Crippen molar-refractivity contribution in [2.75, 3.05) is 17.6 Å². The van der Waals surface area contributed by atoms with Crippen LogP contribution in [0.2, 0.25) is 0 Å². The molecular formula is C18H20N4O2S. The number of aromatic nitrogens is 1. The average Bonchev–Trinajstić information content (AvgIpc) is 3.27. The molecule has 2 atom stereocenters. The summed E-state index contributed by atoms with van der Waals surface area (Å²) in [5.41, 5.74) is 6.90. The van der Waals surface area contributed by atoms with Gasteiger partial charge in [-0.15, -0.1) is 0 Å². The number of thiazole rings is 1. The Labute approximate surface area is 150 Å². The van der Waals surface area contributed by atoms with E-state index >= 15 is 0 Å². The van der Waals surface area contributed by atoms with Crippen LogP contribution in [-0.2, 0) is 10.2 Å². The monoisotopic (exact) mass is 356 g/mol. The van der Waals surface area contributed by atoms with Crippen LogP contribution < -0.4 is 11.1 Å². The molecule has 1 saturated heterocycles. The summed E-state index contributed by atoms with van der Waals surface area (Å²) in [6.07, 6.45) is 3.85. The van der Waals surface area contributed by atoms with Gasteiger partial charge in [-0.05, 0) is 24.5 Å². The molecule has 1 aromatic heterocycles. The van der Waals surface area contributed by atoms with Crippen molar-refractivity contribution < 1.29 is 9.59 Å². The van der Waals surface area contributed by atoms with Gasteiger partial charge in [0, 0.05) is 12.2 Å². The number of rotatable bonds is 3. The highest BCUT2D eigenvalue weighted by Crippen LogP contribution is 2.49. The summed E-state index contributed by atoms with van der Waals surface area (Å²) in [5.74, 6) is -0.0759. The highest BCUT2D eigenvalue weighted by Gasteiger charge is 2.58. The number of anilines is 2. The number of carbonyl (C=O) groups is 2. The van der Waals surface area contributed by atoms with Crippen LogP contribution in [-0.4, -0.2) is 34.3 Å². The van der Waals surface area contributed by atoms with E-state index in [0.717, 1.165) is 24.1 Å². The van der Waals surface area contributed by atoms with E-state index in [-0.39, 0.29) is 17.9 Å². The molecule has 3 N–H and O–H groups in total. The summed E-state index contributed by atoms with van der Waals surface area (Å²) < 4.78 is 0. The van der Waals surface area contributed by atoms with Gasteiger partial charge in [-0.25, -0.2) is 4.98 Å². The van der Waals surface area contributed by atoms with Crippen molar-refractivity contribution in [2.45, 2.75) is 37.6 Å². The third-order valence-corrected chi connectivity index (χ3v) is 6.13. The van der Waals surface area contributed by atoms with Crippen LogP contribution in [0.5, 0.6) is 0 Å². The third-order valence-electron chi connectivity index (χ3n) is 5.31. The average molecular weight is 356 g/mol. The van der Waals surface area contributed by atoms with Crippen molar-refractivity contribution in [3.05, 3.63) is 40.9 Å². The Bertz CT molecular complexity index is 849. The number of hydrogen-bond acceptors (Lipinski definition) is 5. The molecule has 1 spiro atoms. The second kappa shape index (κ2) is 5.84. The number of nitrogen functional groups attached to an aromatic ring is 1. The molecule has 0 radical (unpaired) electrons. The van der Waals surface area contributed by atoms with Gasteiger partial charge in [0.15, 0.2) is 5.13 Å². The summed E-state index contributed by atoms with van der Waals surface area (Å²) in [4.78, 5) is 32.3. The molecule has 1 aromatic carbocycles. The molecular weight excluding hydrogens is 336 g/mol. The predicted octanol–water partition coefficient (Wildman–Crippen LogP) is 2.63. The molecule has 2 amide bonds. The second-order valence-corrected chi connectivity index (χ2v) is 7.65. The minimum atomic E-state index is -0.654. The number of carbonyl (C=O) groups excluding carboxylic acids is 2. The van der Waals surface area contributed by atoms with Crippen molar-refractivity contribution in [1.82, 2.24) is 9.88 Å². The Morgan fingerprint density at radius 2 is 2.28 bits per heavy atom. The Kier molecular flexibility index (Phi) is 3.76. The fourth-order valence-electron chi connectivity index (χ4n) is 4.25. The Hall–Kier alpha value is -2.41. The molecule has 6 nitrogen and oxygen atoms in total. The minimum absolute atomic E-state index is 0.00580. The number of likely N-dealkylation sites (tertiary alicyclic amines) is 1. The van der Waals surface area contributed by atoms with Crippen LogP contribution in [0.25, 0.3) is 0 Å². The number of nitrogens with two attached hydrogens (primary N) is 1. The minimum Gasteiger partial charge on any atom is -0.375 e. The molecule has 7 heteroatoms. The SMILES string of the molecule is CCC[C@@H]1N(C(=O)c2cnc(N)s2)CC[C@]12C(=O)Nc1ccccc12. The van der Waals surface area contributed by atoms with Gasteiger partial charge in [-0.2, -0.15) is 0 Å². The van der Waals surface area contributed by atoms with E-state index in [9.17, 15) is 9.59 Å². The third kappa shape index (κ3) is 2.26. The molecule has 0 aliphatic carbocycles. The number of fused-ring (bicyclic) bond motifs is 2. The summed E-state index contributed by atoms with van der Waals surface area (Å²) in [6.45, 7) is 2.64. The van der Waals surface area contributed by atoms with E-state index in [1.807, 2.05) is 29.2 Å². The number of nitrogens with one attached hydrogen (secondary N) is 1. The van der Waals surface area contributed by atoms with Gasteiger partial charge >= 0.3 is 0 Å². The van der Waals surface area contributed by atoms with E-state index < -0.39 is 5.41 Å². The maximum Gasteiger partial charge on any atom is 0.265 e. The summed E-state index contributed by atoms with van der Waals surface area (Å²) in [6, 6.07) is 7.66. The zero-order valence-corrected chi connectivity index (χ0v) is 14.8. The molecule has 2 aromatic rings. The van der Waals surface area contributed by atoms with Crippen molar-refractivity contribution >= 4 is 34.0 Å². The van der Waals surface area contributed by atoms with Crippen LogP contribution in [0.3, 0.4) is 0 Å². The van der Waals surface area contributed by atoms with Gasteiger partial charge in [0.05, 0.1) is 17.7 Å². The van der Waals surface area contributed by atoms with Gasteiger partial charge in [-0.3, -0.25) is 9.59 Å². The lowest BCUT2D eigenvalue weighted by molar-refractivity contribution is -0.121. The molecule has 4 rings (SSSR count). The first-order valence-electron chi connectivity index (χ1n) is 8.51. The van der Waals surface area contributed by atoms with Crippen molar-refractivity contribution in [3.63, 3.8) is 0 Å². The number of amides is 2. The maximum atomic E-state index is 13.0. The molecule has 2 aliphatic heterocycles. The van der Waals surface area contributed by atoms with E-state index in [1.54, 1.807) is 0 Å². The van der Waals surface area contributed by atoms with Crippen molar-refractivity contribution in [1.29, 1.82) is 0 Å². The number of para-hydroxylation sites is 1. The van der Waals surface area contributed by atoms with Crippen LogP contribution in [0, 0.1) is 0 Å². The van der Waals surface area contributed by atoms with E-state index in [1.165, 1.54) is 17.5 Å². The first kappa shape index (κ1) is 16.1. The van der Waals surface area contributed by atoms with Crippen molar-refractivity contribution in [3.8, 4) is 0 Å². The van der Waals surface area contributed by atoms with Crippen LogP contribution in [0.1, 0.15) is 41.4 Å². The fraction of sp³-hybridized carbons (Fsp3) is 0.389. The predicted molar refractivity (Wildman–Crippen MR) is 97.6 cm³/mol. The van der Waals surface area contributed by atoms with Gasteiger partial charge < -0.3 is 16.0 Å². The van der Waals surface area contributed by atoms with Gasteiger partial charge in [0.25, 0.3) is 5.91 Å². The lowest BCUT2D eigenvalue weighted by Crippen LogP contribution is -2.48. The molecule has 0 unspecified atom stereocenters. The Morgan fingerprint density at radius 1 is 1.48 bits per heavy atom. The van der Waals surface area contributed by atoms with E-state index in [2.05, 4.69) is 17.2 Å². The zero-order valence-electron chi connectivity index (χ0n) is 14.0. The molecule has 2 aliphatic rings. The molecule has 25 heavy (non-hydrogen) atoms. The lowest BCUT2D eigenvalue weighted by atomic mass is 9.73. The second-order valence-electron chi connectivity index (χ2n) is 6.59. The quantitative estimate of drug-likeness (QED) is 0.885. The highest BCUT2D eigenvalue weighted by molar-refractivity contribution is 7.17. The summed E-state index contributed by atoms with van der Waals surface area (Å²) >= 11 is 1.20. The first-order valence-corrected chi connectivity index (χ1v) is 9.33. The molecule has 130 valence electrons. The topological polar surface area (TPSA) is 88.3 Å². The van der Waals surface area contributed by atoms with E-state index in [0.29, 0.717) is 23.0 Å². The lowest BCUT2D eigenvalue weighted by Gasteiger charge is -2.33. The molecule has 0 saturated carbocycles. The van der Waals surface area contributed by atoms with Gasteiger partial charge in [-0.1, -0.05) is 42.9 Å². The maximum absolute atomic E-state index is 13.0. The van der Waals surface area contributed by atoms with Gasteiger partial charge in [0.2, 0.25) is 5.91 Å². The van der Waals surface area contributed by atoms with Crippen molar-refractivity contribution in [2.24, 2.45) is 0 Å². The Morgan fingerprint density at radius 3 is 3.00 bits per heavy atom. The number of hydrogen-bond donors (Lipinski definition) is 2. The number of benzene rings is 1. The fourth-order valence-corrected chi connectivity index (χ4v) is 4.89. The van der Waals surface area contributed by atoms with Crippen LogP contribution >= 0.6 is 11.3 Å². The normalized spacial score (nSPS) is 24.6. The smallest absolute Gasteiger partial charge is 0.265 e. The molecule has 0 bridgehead atoms. The van der Waals surface area contributed by atoms with Crippen LogP contribution in [0.15, 0.2) is 30.5 Å². The van der Waals surface area contributed by atoms with E-state index in [4.69, 9.17) is 5.73 Å². The standard InChI is InChI=1S/C18H20N4O2S/c1-2-5-14-18(11-6-3-4-7-12(11)21-16(18)24)8-9-22(14)15(23)13-10-20-17(19)25-13/h3-4,6-7,10,14H,2,5,8-9H2,1H3,(H2,19,20)(H,21,24)/t14-,18+/m0/s1. The number of nitrogens with zero attached hydrogens (tertiary/aromatic N) is 2. The zero-order chi connectivity index (χ0) is 17.6. The van der Waals surface area contributed by atoms with Crippen LogP contribution in [0.4, 0.5) is 10.8 Å². The highest BCUT2D eigenvalue weighted by atomic mass is 32.1.